The standard InChI is InChI=1S/C16H21N3O2S/c1-3-19-10-12(9-17-19)15-13(6-7-21-15)18-16(20)11(2)14-5-4-8-22-14/h4-5,8-11,13,15H,3,6-7H2,1-2H3,(H,18,20)/t11-,13+,15-/m1/s1. The molecule has 22 heavy (non-hydrogen) atoms. The Labute approximate surface area is 134 Å². The lowest BCUT2D eigenvalue weighted by Crippen LogP contribution is -2.38. The fraction of sp³-hybridized carbons (Fsp3) is 0.500. The van der Waals surface area contributed by atoms with Gasteiger partial charge in [0.2, 0.25) is 5.91 Å². The molecule has 1 fully saturated rings. The summed E-state index contributed by atoms with van der Waals surface area (Å²) in [6.45, 7) is 5.49. The van der Waals surface area contributed by atoms with Crippen molar-refractivity contribution in [3.8, 4) is 0 Å². The Morgan fingerprint density at radius 1 is 1.64 bits per heavy atom. The number of nitrogens with one attached hydrogen (secondary N) is 1. The number of nitrogens with zero attached hydrogens (tertiary/aromatic N) is 2. The van der Waals surface area contributed by atoms with E-state index in [4.69, 9.17) is 4.74 Å². The molecule has 6 heteroatoms. The third-order valence-corrected chi connectivity index (χ3v) is 5.14. The number of hydrogen-bond donors (Lipinski definition) is 1. The summed E-state index contributed by atoms with van der Waals surface area (Å²) >= 11 is 1.62. The summed E-state index contributed by atoms with van der Waals surface area (Å²) in [4.78, 5) is 13.5. The van der Waals surface area contributed by atoms with E-state index in [-0.39, 0.29) is 24.0 Å². The van der Waals surface area contributed by atoms with Crippen molar-refractivity contribution in [2.75, 3.05) is 6.61 Å². The van der Waals surface area contributed by atoms with Crippen LogP contribution in [0.25, 0.3) is 0 Å². The van der Waals surface area contributed by atoms with Crippen LogP contribution in [0.15, 0.2) is 29.9 Å². The molecule has 1 N–H and O–H groups in total. The van der Waals surface area contributed by atoms with Gasteiger partial charge in [0.1, 0.15) is 6.10 Å². The van der Waals surface area contributed by atoms with Crippen LogP contribution in [0, 0.1) is 0 Å². The van der Waals surface area contributed by atoms with Crippen LogP contribution in [0.3, 0.4) is 0 Å². The van der Waals surface area contributed by atoms with Crippen LogP contribution in [-0.2, 0) is 16.1 Å². The molecule has 0 aliphatic carbocycles. The summed E-state index contributed by atoms with van der Waals surface area (Å²) < 4.78 is 7.69. The SMILES string of the molecule is CCn1cc([C@H]2OCC[C@@H]2NC(=O)[C@H](C)c2cccs2)cn1. The molecule has 3 atom stereocenters. The van der Waals surface area contributed by atoms with Gasteiger partial charge in [0.25, 0.3) is 0 Å². The van der Waals surface area contributed by atoms with E-state index in [1.807, 2.05) is 48.4 Å². The first kappa shape index (κ1) is 15.2. The highest BCUT2D eigenvalue weighted by atomic mass is 32.1. The van der Waals surface area contributed by atoms with Crippen LogP contribution in [0.5, 0.6) is 0 Å². The van der Waals surface area contributed by atoms with E-state index in [0.29, 0.717) is 6.61 Å². The minimum Gasteiger partial charge on any atom is -0.371 e. The maximum absolute atomic E-state index is 12.5. The molecule has 1 amide bonds. The first-order valence-electron chi connectivity index (χ1n) is 7.66. The Kier molecular flexibility index (Phi) is 4.59. The van der Waals surface area contributed by atoms with Gasteiger partial charge in [-0.25, -0.2) is 0 Å². The minimum atomic E-state index is -0.125. The largest absolute Gasteiger partial charge is 0.371 e. The van der Waals surface area contributed by atoms with E-state index in [1.54, 1.807) is 11.3 Å². The zero-order valence-electron chi connectivity index (χ0n) is 12.9. The van der Waals surface area contributed by atoms with Crippen molar-refractivity contribution in [1.82, 2.24) is 15.1 Å². The fourth-order valence-electron chi connectivity index (χ4n) is 2.74. The van der Waals surface area contributed by atoms with Crippen molar-refractivity contribution in [2.45, 2.75) is 44.9 Å². The van der Waals surface area contributed by atoms with Gasteiger partial charge in [-0.15, -0.1) is 11.3 Å². The lowest BCUT2D eigenvalue weighted by Gasteiger charge is -2.20. The average Bonchev–Trinajstić information content (AvgIpc) is 3.26. The minimum absolute atomic E-state index is 0.0180. The second-order valence-corrected chi connectivity index (χ2v) is 6.54. The van der Waals surface area contributed by atoms with E-state index in [9.17, 15) is 4.79 Å². The average molecular weight is 319 g/mol. The Bertz CT molecular complexity index is 623. The van der Waals surface area contributed by atoms with Crippen LogP contribution in [0.1, 0.15) is 42.7 Å². The number of rotatable bonds is 5. The molecule has 5 nitrogen and oxygen atoms in total. The van der Waals surface area contributed by atoms with Gasteiger partial charge in [0, 0.05) is 29.8 Å². The van der Waals surface area contributed by atoms with Gasteiger partial charge in [-0.05, 0) is 31.7 Å². The smallest absolute Gasteiger partial charge is 0.228 e. The van der Waals surface area contributed by atoms with Crippen LogP contribution >= 0.6 is 11.3 Å². The zero-order chi connectivity index (χ0) is 15.5. The molecule has 3 rings (SSSR count). The maximum Gasteiger partial charge on any atom is 0.228 e. The summed E-state index contributed by atoms with van der Waals surface area (Å²) in [5.41, 5.74) is 1.04. The van der Waals surface area contributed by atoms with E-state index in [2.05, 4.69) is 10.4 Å². The molecule has 1 aliphatic heterocycles. The van der Waals surface area contributed by atoms with Gasteiger partial charge < -0.3 is 10.1 Å². The van der Waals surface area contributed by atoms with Gasteiger partial charge in [0.15, 0.2) is 0 Å². The summed E-state index contributed by atoms with van der Waals surface area (Å²) in [6, 6.07) is 4.00. The third-order valence-electron chi connectivity index (χ3n) is 4.09. The molecule has 0 spiro atoms. The highest BCUT2D eigenvalue weighted by molar-refractivity contribution is 7.10. The number of aryl methyl sites for hydroxylation is 1. The Hall–Kier alpha value is -1.66. The Morgan fingerprint density at radius 2 is 2.50 bits per heavy atom. The monoisotopic (exact) mass is 319 g/mol. The van der Waals surface area contributed by atoms with Gasteiger partial charge in [0.05, 0.1) is 18.2 Å². The summed E-state index contributed by atoms with van der Waals surface area (Å²) in [5, 5.41) is 9.44. The summed E-state index contributed by atoms with van der Waals surface area (Å²) in [6.07, 6.45) is 4.57. The second-order valence-electron chi connectivity index (χ2n) is 5.56. The first-order valence-corrected chi connectivity index (χ1v) is 8.54. The topological polar surface area (TPSA) is 56.1 Å². The van der Waals surface area contributed by atoms with Crippen molar-refractivity contribution >= 4 is 17.2 Å². The first-order chi connectivity index (χ1) is 10.7. The molecule has 1 saturated heterocycles. The van der Waals surface area contributed by atoms with Crippen molar-refractivity contribution in [3.05, 3.63) is 40.3 Å². The van der Waals surface area contributed by atoms with Gasteiger partial charge in [-0.2, -0.15) is 5.10 Å². The van der Waals surface area contributed by atoms with Crippen LogP contribution in [-0.4, -0.2) is 28.3 Å². The molecular formula is C16H21N3O2S. The number of aromatic nitrogens is 2. The lowest BCUT2D eigenvalue weighted by molar-refractivity contribution is -0.123. The molecule has 0 radical (unpaired) electrons. The van der Waals surface area contributed by atoms with Crippen molar-refractivity contribution < 1.29 is 9.53 Å². The number of carbonyl (C=O) groups excluding carboxylic acids is 1. The van der Waals surface area contributed by atoms with Crippen molar-refractivity contribution in [2.24, 2.45) is 0 Å². The van der Waals surface area contributed by atoms with Crippen LogP contribution in [0.4, 0.5) is 0 Å². The van der Waals surface area contributed by atoms with E-state index < -0.39 is 0 Å². The zero-order valence-corrected chi connectivity index (χ0v) is 13.7. The number of hydrogen-bond acceptors (Lipinski definition) is 4. The van der Waals surface area contributed by atoms with E-state index in [1.165, 1.54) is 0 Å². The van der Waals surface area contributed by atoms with E-state index in [0.717, 1.165) is 23.4 Å². The van der Waals surface area contributed by atoms with Gasteiger partial charge in [-0.3, -0.25) is 9.48 Å². The number of thiophene rings is 1. The number of ether oxygens (including phenoxy) is 1. The predicted octanol–water partition coefficient (Wildman–Crippen LogP) is 2.71. The van der Waals surface area contributed by atoms with Gasteiger partial charge in [-0.1, -0.05) is 6.07 Å². The molecular weight excluding hydrogens is 298 g/mol. The highest BCUT2D eigenvalue weighted by Crippen LogP contribution is 2.30. The molecule has 2 aromatic rings. The quantitative estimate of drug-likeness (QED) is 0.922. The molecule has 2 aromatic heterocycles. The summed E-state index contributed by atoms with van der Waals surface area (Å²) in [7, 11) is 0. The maximum atomic E-state index is 12.5. The Morgan fingerprint density at radius 3 is 3.18 bits per heavy atom. The number of carbonyl (C=O) groups is 1. The predicted molar refractivity (Wildman–Crippen MR) is 85.9 cm³/mol. The lowest BCUT2D eigenvalue weighted by atomic mass is 10.0. The number of amides is 1. The molecule has 0 bridgehead atoms. The van der Waals surface area contributed by atoms with Crippen molar-refractivity contribution in [3.63, 3.8) is 0 Å². The molecule has 3 heterocycles. The Balaban J connectivity index is 1.67. The molecule has 1 aliphatic rings. The highest BCUT2D eigenvalue weighted by Gasteiger charge is 2.33. The van der Waals surface area contributed by atoms with E-state index >= 15 is 0 Å². The van der Waals surface area contributed by atoms with Gasteiger partial charge >= 0.3 is 0 Å². The molecule has 118 valence electrons. The van der Waals surface area contributed by atoms with Crippen LogP contribution in [0.2, 0.25) is 0 Å². The second kappa shape index (κ2) is 6.62. The van der Waals surface area contributed by atoms with Crippen LogP contribution < -0.4 is 5.32 Å². The normalized spacial score (nSPS) is 22.6. The molecule has 0 aromatic carbocycles. The third kappa shape index (κ3) is 3.08. The molecule has 0 saturated carbocycles. The summed E-state index contributed by atoms with van der Waals surface area (Å²) in [5.74, 6) is -0.0644. The molecule has 0 unspecified atom stereocenters. The van der Waals surface area contributed by atoms with Crippen molar-refractivity contribution in [1.29, 1.82) is 0 Å². The fourth-order valence-corrected chi connectivity index (χ4v) is 3.52.